The summed E-state index contributed by atoms with van der Waals surface area (Å²) < 4.78 is 35.9. The second kappa shape index (κ2) is 6.71. The van der Waals surface area contributed by atoms with Crippen LogP contribution in [-0.4, -0.2) is 22.7 Å². The summed E-state index contributed by atoms with van der Waals surface area (Å²) in [6, 6.07) is 6.99. The zero-order valence-corrected chi connectivity index (χ0v) is 11.3. The van der Waals surface area contributed by atoms with Gasteiger partial charge in [-0.05, 0) is 31.5 Å². The Morgan fingerprint density at radius 1 is 1.19 bits per heavy atom. The third-order valence-electron chi connectivity index (χ3n) is 3.02. The van der Waals surface area contributed by atoms with Crippen LogP contribution in [0.15, 0.2) is 29.1 Å². The SMILES string of the molecule is O=c1[nH]c(CNCCCCC(F)(F)F)nc2ccccc12. The highest BCUT2D eigenvalue weighted by Crippen LogP contribution is 2.21. The number of aromatic nitrogens is 2. The molecule has 4 nitrogen and oxygen atoms in total. The number of fused-ring (bicyclic) bond motifs is 1. The molecule has 0 aliphatic heterocycles. The van der Waals surface area contributed by atoms with Crippen LogP contribution in [0.3, 0.4) is 0 Å². The van der Waals surface area contributed by atoms with Gasteiger partial charge in [0, 0.05) is 6.42 Å². The van der Waals surface area contributed by atoms with Gasteiger partial charge in [-0.15, -0.1) is 0 Å². The molecule has 0 aliphatic rings. The van der Waals surface area contributed by atoms with Crippen molar-refractivity contribution in [2.75, 3.05) is 6.54 Å². The van der Waals surface area contributed by atoms with Gasteiger partial charge in [0.15, 0.2) is 0 Å². The summed E-state index contributed by atoms with van der Waals surface area (Å²) in [5.41, 5.74) is 0.393. The monoisotopic (exact) mass is 299 g/mol. The Bertz CT molecular complexity index is 652. The van der Waals surface area contributed by atoms with Crippen molar-refractivity contribution in [1.82, 2.24) is 15.3 Å². The zero-order chi connectivity index (χ0) is 15.3. The van der Waals surface area contributed by atoms with Gasteiger partial charge >= 0.3 is 6.18 Å². The molecule has 0 spiro atoms. The van der Waals surface area contributed by atoms with Crippen molar-refractivity contribution in [3.8, 4) is 0 Å². The molecule has 2 N–H and O–H groups in total. The third kappa shape index (κ3) is 4.86. The van der Waals surface area contributed by atoms with E-state index in [1.807, 2.05) is 0 Å². The number of para-hydroxylation sites is 1. The highest BCUT2D eigenvalue weighted by Gasteiger charge is 2.25. The summed E-state index contributed by atoms with van der Waals surface area (Å²) in [7, 11) is 0. The summed E-state index contributed by atoms with van der Waals surface area (Å²) in [5, 5.41) is 3.50. The number of halogens is 3. The molecule has 0 bridgehead atoms. The molecule has 1 aromatic carbocycles. The molecule has 2 rings (SSSR count). The van der Waals surface area contributed by atoms with Crippen molar-refractivity contribution in [3.63, 3.8) is 0 Å². The van der Waals surface area contributed by atoms with Crippen LogP contribution in [-0.2, 0) is 6.54 Å². The van der Waals surface area contributed by atoms with Crippen LogP contribution < -0.4 is 10.9 Å². The number of alkyl halides is 3. The number of hydrogen-bond donors (Lipinski definition) is 2. The predicted octanol–water partition coefficient (Wildman–Crippen LogP) is 2.75. The fourth-order valence-corrected chi connectivity index (χ4v) is 2.00. The quantitative estimate of drug-likeness (QED) is 0.806. The molecule has 0 unspecified atom stereocenters. The van der Waals surface area contributed by atoms with Crippen LogP contribution in [0.5, 0.6) is 0 Å². The van der Waals surface area contributed by atoms with Gasteiger partial charge in [0.25, 0.3) is 5.56 Å². The first-order valence-corrected chi connectivity index (χ1v) is 6.71. The first-order chi connectivity index (χ1) is 9.96. The average Bonchev–Trinajstić information content (AvgIpc) is 2.41. The smallest absolute Gasteiger partial charge is 0.310 e. The lowest BCUT2D eigenvalue weighted by Crippen LogP contribution is -2.20. The Hall–Kier alpha value is -1.89. The van der Waals surface area contributed by atoms with E-state index in [-0.39, 0.29) is 12.0 Å². The number of nitrogens with one attached hydrogen (secondary N) is 2. The van der Waals surface area contributed by atoms with Crippen molar-refractivity contribution >= 4 is 10.9 Å². The predicted molar refractivity (Wildman–Crippen MR) is 74.0 cm³/mol. The van der Waals surface area contributed by atoms with Crippen LogP contribution in [0.1, 0.15) is 25.1 Å². The van der Waals surface area contributed by atoms with E-state index in [1.54, 1.807) is 24.3 Å². The van der Waals surface area contributed by atoms with Gasteiger partial charge in [-0.25, -0.2) is 4.98 Å². The van der Waals surface area contributed by atoms with Gasteiger partial charge in [-0.1, -0.05) is 12.1 Å². The Labute approximate surface area is 119 Å². The molecule has 0 aliphatic carbocycles. The van der Waals surface area contributed by atoms with Crippen LogP contribution in [0.4, 0.5) is 13.2 Å². The van der Waals surface area contributed by atoms with E-state index in [2.05, 4.69) is 15.3 Å². The minimum atomic E-state index is -4.09. The number of aromatic amines is 1. The highest BCUT2D eigenvalue weighted by molar-refractivity contribution is 5.77. The summed E-state index contributed by atoms with van der Waals surface area (Å²) in [6.07, 6.45) is -4.33. The van der Waals surface area contributed by atoms with Crippen molar-refractivity contribution < 1.29 is 13.2 Å². The molecule has 21 heavy (non-hydrogen) atoms. The van der Waals surface area contributed by atoms with E-state index in [9.17, 15) is 18.0 Å². The molecular weight excluding hydrogens is 283 g/mol. The van der Waals surface area contributed by atoms with E-state index in [4.69, 9.17) is 0 Å². The van der Waals surface area contributed by atoms with Crippen molar-refractivity contribution in [2.24, 2.45) is 0 Å². The molecule has 0 atom stereocenters. The standard InChI is InChI=1S/C14H16F3N3O/c15-14(16,17)7-3-4-8-18-9-12-19-11-6-2-1-5-10(11)13(21)20-12/h1-2,5-6,18H,3-4,7-9H2,(H,19,20,21). The number of unbranched alkanes of at least 4 members (excludes halogenated alkanes) is 1. The molecule has 7 heteroatoms. The summed E-state index contributed by atoms with van der Waals surface area (Å²) in [6.45, 7) is 0.776. The molecule has 0 radical (unpaired) electrons. The van der Waals surface area contributed by atoms with Crippen LogP contribution in [0.2, 0.25) is 0 Å². The first kappa shape index (κ1) is 15.5. The lowest BCUT2D eigenvalue weighted by molar-refractivity contribution is -0.135. The van der Waals surface area contributed by atoms with Crippen LogP contribution in [0.25, 0.3) is 10.9 Å². The van der Waals surface area contributed by atoms with Crippen molar-refractivity contribution in [3.05, 3.63) is 40.4 Å². The van der Waals surface area contributed by atoms with Gasteiger partial charge in [0.2, 0.25) is 0 Å². The number of H-pyrrole nitrogens is 1. The number of nitrogens with zero attached hydrogens (tertiary/aromatic N) is 1. The lowest BCUT2D eigenvalue weighted by Gasteiger charge is -2.07. The van der Waals surface area contributed by atoms with Crippen LogP contribution in [0, 0.1) is 0 Å². The molecule has 1 heterocycles. The van der Waals surface area contributed by atoms with E-state index in [1.165, 1.54) is 0 Å². The maximum atomic E-state index is 12.0. The third-order valence-corrected chi connectivity index (χ3v) is 3.02. The molecule has 1 aromatic heterocycles. The van der Waals surface area contributed by atoms with Crippen molar-refractivity contribution in [1.29, 1.82) is 0 Å². The largest absolute Gasteiger partial charge is 0.389 e. The second-order valence-electron chi connectivity index (χ2n) is 4.78. The number of hydrogen-bond acceptors (Lipinski definition) is 3. The van der Waals surface area contributed by atoms with E-state index in [0.29, 0.717) is 36.2 Å². The minimum absolute atomic E-state index is 0.0954. The normalized spacial score (nSPS) is 12.0. The minimum Gasteiger partial charge on any atom is -0.310 e. The summed E-state index contributed by atoms with van der Waals surface area (Å²) in [5.74, 6) is 0.481. The Morgan fingerprint density at radius 3 is 2.71 bits per heavy atom. The number of benzene rings is 1. The molecule has 114 valence electrons. The van der Waals surface area contributed by atoms with Gasteiger partial charge in [-0.2, -0.15) is 13.2 Å². The molecule has 0 amide bonds. The fourth-order valence-electron chi connectivity index (χ4n) is 2.00. The molecule has 0 saturated carbocycles. The van der Waals surface area contributed by atoms with Gasteiger partial charge < -0.3 is 10.3 Å². The van der Waals surface area contributed by atoms with E-state index in [0.717, 1.165) is 0 Å². The molecule has 0 fully saturated rings. The Morgan fingerprint density at radius 2 is 1.95 bits per heavy atom. The van der Waals surface area contributed by atoms with Gasteiger partial charge in [0.05, 0.1) is 17.4 Å². The molecule has 0 saturated heterocycles. The summed E-state index contributed by atoms with van der Waals surface area (Å²) >= 11 is 0. The Kier molecular flexibility index (Phi) is 4.95. The lowest BCUT2D eigenvalue weighted by atomic mass is 10.2. The fraction of sp³-hybridized carbons (Fsp3) is 0.429. The van der Waals surface area contributed by atoms with E-state index >= 15 is 0 Å². The van der Waals surface area contributed by atoms with Crippen molar-refractivity contribution in [2.45, 2.75) is 32.0 Å². The van der Waals surface area contributed by atoms with Gasteiger partial charge in [-0.3, -0.25) is 4.79 Å². The Balaban J connectivity index is 1.83. The highest BCUT2D eigenvalue weighted by atomic mass is 19.4. The molecule has 2 aromatic rings. The van der Waals surface area contributed by atoms with E-state index < -0.39 is 12.6 Å². The average molecular weight is 299 g/mol. The maximum Gasteiger partial charge on any atom is 0.389 e. The summed E-state index contributed by atoms with van der Waals surface area (Å²) in [4.78, 5) is 18.7. The topological polar surface area (TPSA) is 57.8 Å². The van der Waals surface area contributed by atoms with Crippen LogP contribution >= 0.6 is 0 Å². The first-order valence-electron chi connectivity index (χ1n) is 6.71. The number of rotatable bonds is 6. The van der Waals surface area contributed by atoms with Gasteiger partial charge in [0.1, 0.15) is 5.82 Å². The maximum absolute atomic E-state index is 12.0. The second-order valence-corrected chi connectivity index (χ2v) is 4.78. The molecular formula is C14H16F3N3O. The zero-order valence-electron chi connectivity index (χ0n) is 11.3.